The van der Waals surface area contributed by atoms with Crippen LogP contribution in [-0.2, 0) is 0 Å². The molecule has 0 fully saturated rings. The van der Waals surface area contributed by atoms with E-state index in [-0.39, 0.29) is 11.4 Å². The molecule has 0 aliphatic heterocycles. The third kappa shape index (κ3) is 7.08. The average Bonchev–Trinajstić information content (AvgIpc) is 2.63. The maximum absolute atomic E-state index is 11.2. The Kier molecular flexibility index (Phi) is 9.73. The van der Waals surface area contributed by atoms with Gasteiger partial charge in [0, 0.05) is 12.1 Å². The van der Waals surface area contributed by atoms with Crippen molar-refractivity contribution in [3.05, 3.63) is 26.7 Å². The molecule has 0 aliphatic carbocycles. The summed E-state index contributed by atoms with van der Waals surface area (Å²) in [5, 5.41) is 32.1. The minimum Gasteiger partial charge on any atom is -0.492 e. The van der Waals surface area contributed by atoms with Gasteiger partial charge in [-0.1, -0.05) is 39.0 Å². The summed E-state index contributed by atoms with van der Waals surface area (Å²) in [5.41, 5.74) is 1.75. The average molecular weight is 422 g/mol. The molecule has 1 rings (SSSR count). The minimum absolute atomic E-state index is 0.0409. The Morgan fingerprint density at radius 1 is 1.27 bits per heavy atom. The van der Waals surface area contributed by atoms with Crippen LogP contribution in [0.5, 0.6) is 5.75 Å². The number of nitriles is 2. The third-order valence-corrected chi connectivity index (χ3v) is 4.12. The maximum atomic E-state index is 11.2. The molecular weight excluding hydrogens is 402 g/mol. The molecule has 0 atom stereocenters. The Morgan fingerprint density at radius 2 is 1.92 bits per heavy atom. The molecule has 0 radical (unpaired) electrons. The van der Waals surface area contributed by atoms with Gasteiger partial charge >= 0.3 is 0 Å². The van der Waals surface area contributed by atoms with Crippen LogP contribution in [0.4, 0.5) is 11.4 Å². The summed E-state index contributed by atoms with van der Waals surface area (Å²) < 4.78 is 6.14. The highest BCUT2D eigenvalue weighted by Crippen LogP contribution is 2.36. The highest BCUT2D eigenvalue weighted by atomic mass is 79.9. The van der Waals surface area contributed by atoms with Crippen LogP contribution in [0.2, 0.25) is 0 Å². The summed E-state index contributed by atoms with van der Waals surface area (Å²) in [6, 6.07) is 5.88. The lowest BCUT2D eigenvalue weighted by Crippen LogP contribution is -2.03. The first kappa shape index (κ1) is 21.4. The second-order valence-electron chi connectivity index (χ2n) is 5.47. The van der Waals surface area contributed by atoms with E-state index < -0.39 is 10.6 Å². The molecule has 0 spiro atoms. The Bertz CT molecular complexity index is 721. The van der Waals surface area contributed by atoms with Crippen molar-refractivity contribution in [3.63, 3.8) is 0 Å². The number of hydrogen-bond acceptors (Lipinski definition) is 7. The summed E-state index contributed by atoms with van der Waals surface area (Å²) >= 11 is 3.26. The first-order valence-electron chi connectivity index (χ1n) is 8.28. The van der Waals surface area contributed by atoms with E-state index in [1.165, 1.54) is 31.4 Å². The van der Waals surface area contributed by atoms with Crippen LogP contribution in [0.3, 0.4) is 0 Å². The quantitative estimate of drug-likeness (QED) is 0.234. The van der Waals surface area contributed by atoms with Gasteiger partial charge in [-0.15, -0.1) is 0 Å². The molecule has 1 aromatic rings. The molecule has 0 saturated heterocycles. The fourth-order valence-electron chi connectivity index (χ4n) is 2.15. The first-order valence-corrected chi connectivity index (χ1v) is 9.07. The van der Waals surface area contributed by atoms with Gasteiger partial charge in [-0.3, -0.25) is 15.5 Å². The molecule has 1 N–H and O–H groups in total. The van der Waals surface area contributed by atoms with E-state index in [2.05, 4.69) is 33.4 Å². The van der Waals surface area contributed by atoms with Crippen molar-refractivity contribution in [3.8, 4) is 17.9 Å². The Balaban J connectivity index is 2.79. The lowest BCUT2D eigenvalue weighted by Gasteiger charge is -2.10. The molecule has 0 saturated carbocycles. The summed E-state index contributed by atoms with van der Waals surface area (Å²) in [6.07, 6.45) is 6.76. The van der Waals surface area contributed by atoms with Crippen LogP contribution in [0.25, 0.3) is 0 Å². The van der Waals surface area contributed by atoms with Gasteiger partial charge in [-0.25, -0.2) is 0 Å². The number of hydrazone groups is 1. The van der Waals surface area contributed by atoms with Gasteiger partial charge < -0.3 is 4.74 Å². The zero-order valence-corrected chi connectivity index (χ0v) is 16.1. The lowest BCUT2D eigenvalue weighted by molar-refractivity contribution is -0.384. The number of nitrogens with one attached hydrogen (secondary N) is 1. The number of nitro groups is 1. The molecule has 9 heteroatoms. The van der Waals surface area contributed by atoms with E-state index in [0.29, 0.717) is 16.8 Å². The van der Waals surface area contributed by atoms with Crippen molar-refractivity contribution in [2.24, 2.45) is 5.10 Å². The monoisotopic (exact) mass is 421 g/mol. The van der Waals surface area contributed by atoms with E-state index in [4.69, 9.17) is 15.3 Å². The number of benzene rings is 1. The van der Waals surface area contributed by atoms with E-state index in [1.54, 1.807) is 12.1 Å². The van der Waals surface area contributed by atoms with Gasteiger partial charge in [0.25, 0.3) is 5.69 Å². The van der Waals surface area contributed by atoms with Gasteiger partial charge in [0.1, 0.15) is 23.6 Å². The van der Waals surface area contributed by atoms with Crippen LogP contribution < -0.4 is 10.2 Å². The van der Waals surface area contributed by atoms with E-state index in [1.807, 2.05) is 0 Å². The van der Waals surface area contributed by atoms with E-state index >= 15 is 0 Å². The lowest BCUT2D eigenvalue weighted by atomic mass is 10.1. The van der Waals surface area contributed by atoms with Gasteiger partial charge in [-0.05, 0) is 22.4 Å². The van der Waals surface area contributed by atoms with Crippen molar-refractivity contribution in [1.29, 1.82) is 10.5 Å². The fourth-order valence-corrected chi connectivity index (χ4v) is 2.60. The summed E-state index contributed by atoms with van der Waals surface area (Å²) in [7, 11) is 0. The number of ether oxygens (including phenoxy) is 1. The van der Waals surface area contributed by atoms with Gasteiger partial charge in [0.2, 0.25) is 5.71 Å². The molecule has 0 bridgehead atoms. The van der Waals surface area contributed by atoms with Crippen LogP contribution in [-0.4, -0.2) is 17.2 Å². The number of halogens is 1. The SMILES string of the molecule is CCCCCCCCOc1cc(NN=C(C#N)C#N)c([N+](=O)[O-])cc1Br. The smallest absolute Gasteiger partial charge is 0.295 e. The minimum atomic E-state index is -0.585. The fraction of sp³-hybridized carbons (Fsp3) is 0.471. The third-order valence-electron chi connectivity index (χ3n) is 3.50. The van der Waals surface area contributed by atoms with Crippen molar-refractivity contribution < 1.29 is 9.66 Å². The number of nitrogens with zero attached hydrogens (tertiary/aromatic N) is 4. The highest BCUT2D eigenvalue weighted by Gasteiger charge is 2.18. The van der Waals surface area contributed by atoms with E-state index in [0.717, 1.165) is 19.3 Å². The molecule has 26 heavy (non-hydrogen) atoms. The topological polar surface area (TPSA) is 124 Å². The first-order chi connectivity index (χ1) is 12.5. The number of rotatable bonds is 11. The number of anilines is 1. The van der Waals surface area contributed by atoms with Gasteiger partial charge in [0.15, 0.2) is 0 Å². The van der Waals surface area contributed by atoms with Gasteiger partial charge in [0.05, 0.1) is 16.0 Å². The second kappa shape index (κ2) is 11.8. The molecule has 0 aliphatic rings. The predicted molar refractivity (Wildman–Crippen MR) is 102 cm³/mol. The van der Waals surface area contributed by atoms with Gasteiger partial charge in [-0.2, -0.15) is 15.6 Å². The second-order valence-corrected chi connectivity index (χ2v) is 6.32. The molecule has 8 nitrogen and oxygen atoms in total. The summed E-state index contributed by atoms with van der Waals surface area (Å²) in [5.74, 6) is 0.428. The normalized spacial score (nSPS) is 9.69. The molecule has 138 valence electrons. The van der Waals surface area contributed by atoms with Crippen molar-refractivity contribution in [2.45, 2.75) is 45.4 Å². The number of nitro benzene ring substituents is 1. The highest BCUT2D eigenvalue weighted by molar-refractivity contribution is 9.10. The maximum Gasteiger partial charge on any atom is 0.295 e. The van der Waals surface area contributed by atoms with Crippen LogP contribution in [0, 0.1) is 32.8 Å². The van der Waals surface area contributed by atoms with E-state index in [9.17, 15) is 10.1 Å². The number of hydrogen-bond donors (Lipinski definition) is 1. The Morgan fingerprint density at radius 3 is 2.54 bits per heavy atom. The largest absolute Gasteiger partial charge is 0.492 e. The Hall–Kier alpha value is -2.65. The predicted octanol–water partition coefficient (Wildman–Crippen LogP) is 4.91. The molecular formula is C17H20BrN5O3. The standard InChI is InChI=1S/C17H20BrN5O3/c1-2-3-4-5-6-7-8-26-17-10-15(22-21-13(11-19)12-20)16(23(24)25)9-14(17)18/h9-10,22H,2-8H2,1H3. The zero-order chi connectivity index (χ0) is 19.4. The molecule has 0 aromatic heterocycles. The molecule has 0 amide bonds. The van der Waals surface area contributed by atoms with Crippen LogP contribution >= 0.6 is 15.9 Å². The summed E-state index contributed by atoms with van der Waals surface area (Å²) in [4.78, 5) is 10.6. The van der Waals surface area contributed by atoms with Crippen molar-refractivity contribution >= 4 is 33.0 Å². The zero-order valence-electron chi connectivity index (χ0n) is 14.5. The molecule has 0 heterocycles. The van der Waals surface area contributed by atoms with Crippen molar-refractivity contribution in [1.82, 2.24) is 0 Å². The van der Waals surface area contributed by atoms with Crippen LogP contribution in [0.15, 0.2) is 21.7 Å². The Labute approximate surface area is 160 Å². The van der Waals surface area contributed by atoms with Crippen molar-refractivity contribution in [2.75, 3.05) is 12.0 Å². The summed E-state index contributed by atoms with van der Waals surface area (Å²) in [6.45, 7) is 2.66. The van der Waals surface area contributed by atoms with Crippen LogP contribution in [0.1, 0.15) is 45.4 Å². The molecule has 1 aromatic carbocycles. The molecule has 0 unspecified atom stereocenters. The number of unbranched alkanes of at least 4 members (excludes halogenated alkanes) is 5.